The Bertz CT molecular complexity index is 1130. The van der Waals surface area contributed by atoms with Gasteiger partial charge in [0, 0.05) is 31.2 Å². The minimum atomic E-state index is 0.0764. The van der Waals surface area contributed by atoms with E-state index in [1.165, 1.54) is 18.4 Å². The largest absolute Gasteiger partial charge is 0.370 e. The molecular weight excluding hydrogens is 408 g/mol. The van der Waals surface area contributed by atoms with E-state index < -0.39 is 0 Å². The zero-order chi connectivity index (χ0) is 23.4. The first-order chi connectivity index (χ1) is 16.0. The molecule has 2 aromatic heterocycles. The van der Waals surface area contributed by atoms with Crippen LogP contribution in [0.1, 0.15) is 58.1 Å². The summed E-state index contributed by atoms with van der Waals surface area (Å²) >= 11 is 0. The lowest BCUT2D eigenvalue weighted by Crippen LogP contribution is -2.35. The van der Waals surface area contributed by atoms with Crippen LogP contribution in [-0.4, -0.2) is 46.3 Å². The van der Waals surface area contributed by atoms with Gasteiger partial charge in [-0.15, -0.1) is 0 Å². The van der Waals surface area contributed by atoms with Gasteiger partial charge >= 0.3 is 0 Å². The van der Waals surface area contributed by atoms with Crippen molar-refractivity contribution in [1.29, 1.82) is 5.26 Å². The van der Waals surface area contributed by atoms with Crippen molar-refractivity contribution < 1.29 is 0 Å². The van der Waals surface area contributed by atoms with Gasteiger partial charge in [0.25, 0.3) is 0 Å². The number of hydrogen-bond acceptors (Lipinski definition) is 5. The van der Waals surface area contributed by atoms with Crippen LogP contribution in [0.3, 0.4) is 0 Å². The van der Waals surface area contributed by atoms with Gasteiger partial charge in [0.05, 0.1) is 35.0 Å². The van der Waals surface area contributed by atoms with Gasteiger partial charge in [0.2, 0.25) is 0 Å². The van der Waals surface area contributed by atoms with E-state index in [9.17, 15) is 5.26 Å². The Morgan fingerprint density at radius 2 is 2.12 bits per heavy atom. The summed E-state index contributed by atoms with van der Waals surface area (Å²) in [6, 6.07) is 13.7. The normalized spacial score (nSPS) is 16.6. The summed E-state index contributed by atoms with van der Waals surface area (Å²) < 4.78 is 2.01. The van der Waals surface area contributed by atoms with Gasteiger partial charge in [0.15, 0.2) is 5.65 Å². The zero-order valence-electron chi connectivity index (χ0n) is 20.5. The molecule has 6 nitrogen and oxygen atoms in total. The molecule has 0 spiro atoms. The topological polar surface area (TPSA) is 61.0 Å². The third-order valence-electron chi connectivity index (χ3n) is 6.55. The maximum Gasteiger partial charge on any atom is 0.160 e. The molecule has 6 heteroatoms. The zero-order valence-corrected chi connectivity index (χ0v) is 20.5. The molecule has 1 saturated heterocycles. The predicted molar refractivity (Wildman–Crippen MR) is 135 cm³/mol. The van der Waals surface area contributed by atoms with E-state index >= 15 is 0 Å². The number of rotatable bonds is 8. The molecule has 1 unspecified atom stereocenters. The molecule has 174 valence electrons. The van der Waals surface area contributed by atoms with Crippen molar-refractivity contribution in [3.63, 3.8) is 0 Å². The molecule has 3 aromatic rings. The van der Waals surface area contributed by atoms with Crippen molar-refractivity contribution in [2.24, 2.45) is 5.92 Å². The molecule has 4 rings (SSSR count). The Balaban J connectivity index is 1.74. The number of nitrogens with zero attached hydrogens (tertiary/aromatic N) is 6. The lowest BCUT2D eigenvalue weighted by atomic mass is 9.98. The van der Waals surface area contributed by atoms with Gasteiger partial charge in [-0.1, -0.05) is 31.5 Å². The van der Waals surface area contributed by atoms with Crippen molar-refractivity contribution in [1.82, 2.24) is 19.7 Å². The van der Waals surface area contributed by atoms with Crippen molar-refractivity contribution in [2.45, 2.75) is 59.0 Å². The number of unbranched alkanes of at least 4 members (excludes halogenated alkanes) is 1. The number of hydrogen-bond donors (Lipinski definition) is 0. The van der Waals surface area contributed by atoms with E-state index in [4.69, 9.17) is 4.98 Å². The number of benzene rings is 1. The highest BCUT2D eigenvalue weighted by molar-refractivity contribution is 5.92. The molecule has 0 aliphatic carbocycles. The van der Waals surface area contributed by atoms with E-state index in [0.29, 0.717) is 0 Å². The second-order valence-electron chi connectivity index (χ2n) is 9.65. The van der Waals surface area contributed by atoms with Crippen LogP contribution in [-0.2, 0) is 6.54 Å². The number of nitriles is 1. The maximum atomic E-state index is 9.53. The summed E-state index contributed by atoms with van der Waals surface area (Å²) in [5.41, 5.74) is 5.46. The molecular formula is C27H36N6. The fourth-order valence-corrected chi connectivity index (χ4v) is 4.74. The van der Waals surface area contributed by atoms with Crippen molar-refractivity contribution >= 4 is 16.7 Å². The summed E-state index contributed by atoms with van der Waals surface area (Å²) in [5, 5.41) is 15.3. The van der Waals surface area contributed by atoms with Crippen molar-refractivity contribution in [2.75, 3.05) is 31.6 Å². The number of pyridine rings is 1. The molecule has 0 radical (unpaired) electrons. The molecule has 3 heterocycles. The highest BCUT2D eigenvalue weighted by atomic mass is 15.3. The Morgan fingerprint density at radius 3 is 2.88 bits per heavy atom. The number of aromatic nitrogens is 3. The van der Waals surface area contributed by atoms with Gasteiger partial charge < -0.3 is 9.80 Å². The summed E-state index contributed by atoms with van der Waals surface area (Å²) in [4.78, 5) is 9.83. The maximum absolute atomic E-state index is 9.53. The second kappa shape index (κ2) is 10.4. The smallest absolute Gasteiger partial charge is 0.160 e. The molecule has 1 fully saturated rings. The highest BCUT2D eigenvalue weighted by Crippen LogP contribution is 2.34. The Morgan fingerprint density at radius 1 is 1.27 bits per heavy atom. The lowest BCUT2D eigenvalue weighted by Gasteiger charge is -2.32. The van der Waals surface area contributed by atoms with Gasteiger partial charge in [-0.2, -0.15) is 10.4 Å². The molecule has 1 aromatic carbocycles. The standard InChI is InChI=1S/C27H36N6/c1-5-6-12-31(4)18-21-9-7-11-23(14-21)25-15-26(32-13-8-10-22(16-28)19-32)24-17-29-33(20(2)3)27(24)30-25/h7,9,11,14-15,17,20,22H,5-6,8,10,12-13,18-19H2,1-4H3. The first-order valence-electron chi connectivity index (χ1n) is 12.3. The minimum absolute atomic E-state index is 0.0764. The van der Waals surface area contributed by atoms with E-state index in [1.807, 2.05) is 10.9 Å². The van der Waals surface area contributed by atoms with E-state index in [2.05, 4.69) is 79.1 Å². The van der Waals surface area contributed by atoms with Gasteiger partial charge in [-0.05, 0) is 64.4 Å². The fraction of sp³-hybridized carbons (Fsp3) is 0.519. The average Bonchev–Trinajstić information content (AvgIpc) is 3.27. The van der Waals surface area contributed by atoms with Crippen LogP contribution in [0.25, 0.3) is 22.3 Å². The van der Waals surface area contributed by atoms with Gasteiger partial charge in [-0.3, -0.25) is 0 Å². The third-order valence-corrected chi connectivity index (χ3v) is 6.55. The van der Waals surface area contributed by atoms with Gasteiger partial charge in [-0.25, -0.2) is 9.67 Å². The molecule has 1 aliphatic heterocycles. The van der Waals surface area contributed by atoms with Crippen LogP contribution in [0.4, 0.5) is 5.69 Å². The van der Waals surface area contributed by atoms with E-state index in [1.54, 1.807) is 0 Å². The molecule has 0 bridgehead atoms. The van der Waals surface area contributed by atoms with Crippen LogP contribution >= 0.6 is 0 Å². The van der Waals surface area contributed by atoms with E-state index in [-0.39, 0.29) is 12.0 Å². The predicted octanol–water partition coefficient (Wildman–Crippen LogP) is 5.65. The molecule has 0 N–H and O–H groups in total. The molecule has 1 atom stereocenters. The van der Waals surface area contributed by atoms with Crippen LogP contribution in [0.2, 0.25) is 0 Å². The molecule has 0 saturated carbocycles. The summed E-state index contributed by atoms with van der Waals surface area (Å²) in [7, 11) is 2.19. The first-order valence-corrected chi connectivity index (χ1v) is 12.3. The average molecular weight is 445 g/mol. The third kappa shape index (κ3) is 5.20. The Labute approximate surface area is 197 Å². The Kier molecular flexibility index (Phi) is 7.29. The van der Waals surface area contributed by atoms with Crippen LogP contribution in [0, 0.1) is 17.2 Å². The monoisotopic (exact) mass is 444 g/mol. The number of piperidine rings is 1. The second-order valence-corrected chi connectivity index (χ2v) is 9.65. The van der Waals surface area contributed by atoms with Crippen LogP contribution < -0.4 is 4.90 Å². The van der Waals surface area contributed by atoms with E-state index in [0.717, 1.165) is 67.0 Å². The number of anilines is 1. The number of fused-ring (bicyclic) bond motifs is 1. The SMILES string of the molecule is CCCCN(C)Cc1cccc(-c2cc(N3CCCC(C#N)C3)c3cnn(C(C)C)c3n2)c1. The first kappa shape index (κ1) is 23.3. The lowest BCUT2D eigenvalue weighted by molar-refractivity contribution is 0.321. The summed E-state index contributed by atoms with van der Waals surface area (Å²) in [5.74, 6) is 0.0764. The quantitative estimate of drug-likeness (QED) is 0.449. The van der Waals surface area contributed by atoms with Crippen LogP contribution in [0.15, 0.2) is 36.5 Å². The molecule has 0 amide bonds. The Hall–Kier alpha value is -2.91. The summed E-state index contributed by atoms with van der Waals surface area (Å²) in [6.45, 7) is 10.3. The van der Waals surface area contributed by atoms with Gasteiger partial charge in [0.1, 0.15) is 0 Å². The minimum Gasteiger partial charge on any atom is -0.370 e. The molecule has 1 aliphatic rings. The summed E-state index contributed by atoms with van der Waals surface area (Å²) in [6.07, 6.45) is 6.39. The van der Waals surface area contributed by atoms with Crippen molar-refractivity contribution in [3.05, 3.63) is 42.1 Å². The van der Waals surface area contributed by atoms with Crippen LogP contribution in [0.5, 0.6) is 0 Å². The fourth-order valence-electron chi connectivity index (χ4n) is 4.74. The molecule has 33 heavy (non-hydrogen) atoms. The van der Waals surface area contributed by atoms with Crippen molar-refractivity contribution in [3.8, 4) is 17.3 Å². The highest BCUT2D eigenvalue weighted by Gasteiger charge is 2.24.